The minimum atomic E-state index is -0.247. The first-order valence-electron chi connectivity index (χ1n) is 8.44. The van der Waals surface area contributed by atoms with E-state index in [0.29, 0.717) is 10.2 Å². The van der Waals surface area contributed by atoms with Crippen molar-refractivity contribution in [2.75, 3.05) is 0 Å². The summed E-state index contributed by atoms with van der Waals surface area (Å²) in [5.74, 6) is 0.838. The fourth-order valence-electron chi connectivity index (χ4n) is 2.62. The number of aromatic nitrogens is 3. The van der Waals surface area contributed by atoms with Gasteiger partial charge in [0.15, 0.2) is 16.8 Å². The van der Waals surface area contributed by atoms with E-state index in [-0.39, 0.29) is 11.0 Å². The zero-order chi connectivity index (χ0) is 18.7. The SMILES string of the molecule is CCc1ccc(C(=O)C(C)Sc2nnc(-c3ccc(Cl)cc3)n2C)cc1. The number of carbonyl (C=O) groups is 1. The smallest absolute Gasteiger partial charge is 0.191 e. The van der Waals surface area contributed by atoms with E-state index in [1.54, 1.807) is 0 Å². The number of hydrogen-bond acceptors (Lipinski definition) is 4. The van der Waals surface area contributed by atoms with Gasteiger partial charge in [-0.2, -0.15) is 0 Å². The standard InChI is InChI=1S/C20H20ClN3OS/c1-4-14-5-7-15(8-6-14)18(25)13(2)26-20-23-22-19(24(20)3)16-9-11-17(21)12-10-16/h5-13H,4H2,1-3H3. The van der Waals surface area contributed by atoms with Crippen LogP contribution >= 0.6 is 23.4 Å². The van der Waals surface area contributed by atoms with Crippen LogP contribution in [0.25, 0.3) is 11.4 Å². The van der Waals surface area contributed by atoms with Gasteiger partial charge in [0.05, 0.1) is 5.25 Å². The summed E-state index contributed by atoms with van der Waals surface area (Å²) < 4.78 is 1.90. The van der Waals surface area contributed by atoms with Crippen molar-refractivity contribution in [1.82, 2.24) is 14.8 Å². The average molecular weight is 386 g/mol. The molecule has 0 N–H and O–H groups in total. The zero-order valence-electron chi connectivity index (χ0n) is 14.9. The third kappa shape index (κ3) is 4.00. The summed E-state index contributed by atoms with van der Waals surface area (Å²) in [4.78, 5) is 12.7. The minimum Gasteiger partial charge on any atom is -0.305 e. The Kier molecular flexibility index (Phi) is 5.79. The largest absolute Gasteiger partial charge is 0.305 e. The van der Waals surface area contributed by atoms with Crippen LogP contribution in [0.2, 0.25) is 5.02 Å². The topological polar surface area (TPSA) is 47.8 Å². The molecule has 0 spiro atoms. The number of rotatable bonds is 6. The molecule has 2 aromatic carbocycles. The van der Waals surface area contributed by atoms with Gasteiger partial charge in [-0.05, 0) is 43.2 Å². The van der Waals surface area contributed by atoms with Gasteiger partial charge in [0.1, 0.15) is 0 Å². The maximum Gasteiger partial charge on any atom is 0.191 e. The lowest BCUT2D eigenvalue weighted by molar-refractivity contribution is 0.0994. The molecule has 1 unspecified atom stereocenters. The average Bonchev–Trinajstić information content (AvgIpc) is 3.02. The Bertz CT molecular complexity index is 904. The van der Waals surface area contributed by atoms with Crippen LogP contribution in [0.4, 0.5) is 0 Å². The fourth-order valence-corrected chi connectivity index (χ4v) is 3.64. The molecule has 0 saturated carbocycles. The number of Topliss-reactive ketones (excluding diaryl/α,β-unsaturated/α-hetero) is 1. The summed E-state index contributed by atoms with van der Waals surface area (Å²) in [7, 11) is 1.90. The van der Waals surface area contributed by atoms with Crippen molar-refractivity contribution in [1.29, 1.82) is 0 Å². The number of hydrogen-bond donors (Lipinski definition) is 0. The van der Waals surface area contributed by atoms with E-state index >= 15 is 0 Å². The Morgan fingerprint density at radius 2 is 1.77 bits per heavy atom. The first-order valence-corrected chi connectivity index (χ1v) is 9.70. The van der Waals surface area contributed by atoms with Crippen molar-refractivity contribution in [3.63, 3.8) is 0 Å². The van der Waals surface area contributed by atoms with Gasteiger partial charge in [-0.15, -0.1) is 10.2 Å². The Hall–Kier alpha value is -2.11. The molecule has 0 aliphatic heterocycles. The Labute approximate surface area is 162 Å². The van der Waals surface area contributed by atoms with Gasteiger partial charge >= 0.3 is 0 Å². The maximum atomic E-state index is 12.7. The molecule has 3 rings (SSSR count). The normalized spacial score (nSPS) is 12.2. The quantitative estimate of drug-likeness (QED) is 0.439. The van der Waals surface area contributed by atoms with Crippen LogP contribution in [-0.2, 0) is 13.5 Å². The number of nitrogens with zero attached hydrogens (tertiary/aromatic N) is 3. The highest BCUT2D eigenvalue weighted by Gasteiger charge is 2.20. The minimum absolute atomic E-state index is 0.0914. The first-order chi connectivity index (χ1) is 12.5. The Morgan fingerprint density at radius 1 is 1.12 bits per heavy atom. The van der Waals surface area contributed by atoms with E-state index in [0.717, 1.165) is 23.4 Å². The molecule has 134 valence electrons. The molecule has 26 heavy (non-hydrogen) atoms. The summed E-state index contributed by atoms with van der Waals surface area (Å²) in [5, 5.41) is 9.65. The van der Waals surface area contributed by atoms with Crippen LogP contribution in [0.3, 0.4) is 0 Å². The third-order valence-electron chi connectivity index (χ3n) is 4.24. The predicted octanol–water partition coefficient (Wildman–Crippen LogP) is 5.06. The number of thioether (sulfide) groups is 1. The van der Waals surface area contributed by atoms with E-state index < -0.39 is 0 Å². The predicted molar refractivity (Wildman–Crippen MR) is 107 cm³/mol. The lowest BCUT2D eigenvalue weighted by atomic mass is 10.1. The van der Waals surface area contributed by atoms with Crippen molar-refractivity contribution < 1.29 is 4.79 Å². The second kappa shape index (κ2) is 8.06. The lowest BCUT2D eigenvalue weighted by Gasteiger charge is -2.10. The van der Waals surface area contributed by atoms with Crippen LogP contribution in [-0.4, -0.2) is 25.8 Å². The van der Waals surface area contributed by atoms with Crippen LogP contribution in [0.15, 0.2) is 53.7 Å². The number of ketones is 1. The van der Waals surface area contributed by atoms with Gasteiger partial charge in [0.2, 0.25) is 0 Å². The van der Waals surface area contributed by atoms with Crippen molar-refractivity contribution in [3.05, 3.63) is 64.7 Å². The van der Waals surface area contributed by atoms with Gasteiger partial charge in [0.25, 0.3) is 0 Å². The Morgan fingerprint density at radius 3 is 2.38 bits per heavy atom. The second-order valence-electron chi connectivity index (χ2n) is 6.05. The summed E-state index contributed by atoms with van der Waals surface area (Å²) in [5.41, 5.74) is 2.88. The van der Waals surface area contributed by atoms with Gasteiger partial charge in [-0.25, -0.2) is 0 Å². The number of benzene rings is 2. The first kappa shape index (κ1) is 18.7. The zero-order valence-corrected chi connectivity index (χ0v) is 16.5. The van der Waals surface area contributed by atoms with E-state index in [2.05, 4.69) is 17.1 Å². The molecule has 0 radical (unpaired) electrons. The van der Waals surface area contributed by atoms with Crippen molar-refractivity contribution >= 4 is 29.1 Å². The highest BCUT2D eigenvalue weighted by molar-refractivity contribution is 8.00. The van der Waals surface area contributed by atoms with Crippen LogP contribution < -0.4 is 0 Å². The van der Waals surface area contributed by atoms with Gasteiger partial charge in [-0.3, -0.25) is 4.79 Å². The molecule has 1 heterocycles. The Balaban J connectivity index is 1.75. The van der Waals surface area contributed by atoms with E-state index in [9.17, 15) is 4.79 Å². The summed E-state index contributed by atoms with van der Waals surface area (Å²) >= 11 is 7.36. The lowest BCUT2D eigenvalue weighted by Crippen LogP contribution is -2.14. The highest BCUT2D eigenvalue weighted by Crippen LogP contribution is 2.28. The fraction of sp³-hybridized carbons (Fsp3) is 0.250. The van der Waals surface area contributed by atoms with E-state index in [1.807, 2.05) is 67.1 Å². The summed E-state index contributed by atoms with van der Waals surface area (Å²) in [6.45, 7) is 4.00. The molecule has 0 fully saturated rings. The molecule has 4 nitrogen and oxygen atoms in total. The molecule has 0 bridgehead atoms. The van der Waals surface area contributed by atoms with Crippen LogP contribution in [0, 0.1) is 0 Å². The molecular formula is C20H20ClN3OS. The molecule has 3 aromatic rings. The number of carbonyl (C=O) groups excluding carboxylic acids is 1. The monoisotopic (exact) mass is 385 g/mol. The molecule has 0 aliphatic rings. The second-order valence-corrected chi connectivity index (χ2v) is 7.79. The number of aryl methyl sites for hydroxylation is 1. The summed E-state index contributed by atoms with van der Waals surface area (Å²) in [6, 6.07) is 15.3. The third-order valence-corrected chi connectivity index (χ3v) is 5.62. The molecular weight excluding hydrogens is 366 g/mol. The van der Waals surface area contributed by atoms with Gasteiger partial charge in [-0.1, -0.05) is 54.6 Å². The molecule has 1 aromatic heterocycles. The van der Waals surface area contributed by atoms with Crippen LogP contribution in [0.5, 0.6) is 0 Å². The molecule has 1 atom stereocenters. The summed E-state index contributed by atoms with van der Waals surface area (Å²) in [6.07, 6.45) is 0.963. The highest BCUT2D eigenvalue weighted by atomic mass is 35.5. The van der Waals surface area contributed by atoms with Gasteiger partial charge in [0, 0.05) is 23.2 Å². The molecule has 0 aliphatic carbocycles. The van der Waals surface area contributed by atoms with Crippen LogP contribution in [0.1, 0.15) is 29.8 Å². The maximum absolute atomic E-state index is 12.7. The molecule has 0 saturated heterocycles. The van der Waals surface area contributed by atoms with Crippen molar-refractivity contribution in [2.45, 2.75) is 30.7 Å². The van der Waals surface area contributed by atoms with Gasteiger partial charge < -0.3 is 4.57 Å². The number of halogens is 1. The van der Waals surface area contributed by atoms with Crippen molar-refractivity contribution in [3.8, 4) is 11.4 Å². The molecule has 0 amide bonds. The van der Waals surface area contributed by atoms with E-state index in [4.69, 9.17) is 11.6 Å². The van der Waals surface area contributed by atoms with Crippen molar-refractivity contribution in [2.24, 2.45) is 7.05 Å². The van der Waals surface area contributed by atoms with E-state index in [1.165, 1.54) is 17.3 Å². The molecule has 6 heteroatoms.